The molecule has 1 aliphatic heterocycles. The van der Waals surface area contributed by atoms with Gasteiger partial charge in [0, 0.05) is 12.8 Å². The van der Waals surface area contributed by atoms with E-state index in [1.165, 1.54) is 32.4 Å². The molecule has 0 spiro atoms. The van der Waals surface area contributed by atoms with Crippen LogP contribution in [0.3, 0.4) is 0 Å². The lowest BCUT2D eigenvalue weighted by Gasteiger charge is -2.28. The van der Waals surface area contributed by atoms with Crippen LogP contribution in [-0.4, -0.2) is 25.0 Å². The number of hydrogen-bond acceptors (Lipinski definition) is 1. The van der Waals surface area contributed by atoms with E-state index in [4.69, 9.17) is 0 Å². The molecule has 1 saturated heterocycles. The summed E-state index contributed by atoms with van der Waals surface area (Å²) in [6.07, 6.45) is 6.20. The largest absolute Gasteiger partial charge is 0.306 e. The Balaban J connectivity index is 2.09. The number of piperidine rings is 1. The van der Waals surface area contributed by atoms with Crippen molar-refractivity contribution in [1.82, 2.24) is 4.90 Å². The van der Waals surface area contributed by atoms with E-state index in [2.05, 4.69) is 30.7 Å². The molecule has 74 valence electrons. The Hall–Kier alpha value is -0.480. The number of likely N-dealkylation sites (tertiary alicyclic amines) is 1. The molecule has 0 aromatic heterocycles. The third kappa shape index (κ3) is 4.33. The van der Waals surface area contributed by atoms with Gasteiger partial charge in [-0.15, -0.1) is 11.8 Å². The Morgan fingerprint density at radius 2 is 1.92 bits per heavy atom. The predicted molar refractivity (Wildman–Crippen MR) is 57.5 cm³/mol. The third-order valence-electron chi connectivity index (χ3n) is 2.82. The highest BCUT2D eigenvalue weighted by molar-refractivity contribution is 4.97. The Morgan fingerprint density at radius 3 is 2.54 bits per heavy atom. The Kier molecular flexibility index (Phi) is 4.93. The molecule has 0 aromatic carbocycles. The van der Waals surface area contributed by atoms with Crippen molar-refractivity contribution in [1.29, 1.82) is 0 Å². The smallest absolute Gasteiger partial charge is 0.00913 e. The fourth-order valence-electron chi connectivity index (χ4n) is 1.84. The zero-order valence-electron chi connectivity index (χ0n) is 8.97. The van der Waals surface area contributed by atoms with Crippen molar-refractivity contribution < 1.29 is 0 Å². The van der Waals surface area contributed by atoms with E-state index in [-0.39, 0.29) is 0 Å². The molecule has 1 nitrogen and oxygen atoms in total. The zero-order valence-corrected chi connectivity index (χ0v) is 8.97. The Bertz CT molecular complexity index is 179. The lowest BCUT2D eigenvalue weighted by Crippen LogP contribution is -2.30. The minimum absolute atomic E-state index is 0.947. The van der Waals surface area contributed by atoms with E-state index in [9.17, 15) is 0 Å². The van der Waals surface area contributed by atoms with Gasteiger partial charge in [0.05, 0.1) is 0 Å². The highest BCUT2D eigenvalue weighted by Gasteiger charge is 2.15. The summed E-state index contributed by atoms with van der Waals surface area (Å²) in [6.45, 7) is 4.68. The molecule has 0 amide bonds. The standard InChI is InChI=1S/C12H21N/c1-3-4-5-6-7-12-8-10-13(2)11-9-12/h12H,3,6-11H2,1-2H3. The molecule has 0 aromatic rings. The molecule has 1 heteroatoms. The lowest BCUT2D eigenvalue weighted by atomic mass is 9.92. The fraction of sp³-hybridized carbons (Fsp3) is 0.833. The average molecular weight is 179 g/mol. The quantitative estimate of drug-likeness (QED) is 0.589. The molecule has 1 fully saturated rings. The van der Waals surface area contributed by atoms with Gasteiger partial charge in [0.15, 0.2) is 0 Å². The second-order valence-corrected chi connectivity index (χ2v) is 3.99. The molecule has 0 saturated carbocycles. The second-order valence-electron chi connectivity index (χ2n) is 3.99. The summed E-state index contributed by atoms with van der Waals surface area (Å²) in [5.74, 6) is 7.31. The van der Waals surface area contributed by atoms with Gasteiger partial charge in [0.25, 0.3) is 0 Å². The van der Waals surface area contributed by atoms with Gasteiger partial charge >= 0.3 is 0 Å². The van der Waals surface area contributed by atoms with E-state index < -0.39 is 0 Å². The third-order valence-corrected chi connectivity index (χ3v) is 2.82. The summed E-state index contributed by atoms with van der Waals surface area (Å²) >= 11 is 0. The summed E-state index contributed by atoms with van der Waals surface area (Å²) in [4.78, 5) is 2.42. The molecule has 0 radical (unpaired) electrons. The molecule has 1 heterocycles. The number of rotatable bonds is 2. The van der Waals surface area contributed by atoms with Gasteiger partial charge in [0.2, 0.25) is 0 Å². The van der Waals surface area contributed by atoms with Crippen molar-refractivity contribution in [2.45, 2.75) is 39.0 Å². The van der Waals surface area contributed by atoms with Gasteiger partial charge in [-0.2, -0.15) is 0 Å². The van der Waals surface area contributed by atoms with Crippen LogP contribution in [0.25, 0.3) is 0 Å². The van der Waals surface area contributed by atoms with Gasteiger partial charge in [-0.25, -0.2) is 0 Å². The van der Waals surface area contributed by atoms with Crippen LogP contribution in [-0.2, 0) is 0 Å². The molecule has 1 rings (SSSR count). The molecule has 0 aliphatic carbocycles. The minimum atomic E-state index is 0.947. The minimum Gasteiger partial charge on any atom is -0.306 e. The van der Waals surface area contributed by atoms with E-state index in [0.29, 0.717) is 0 Å². The van der Waals surface area contributed by atoms with Gasteiger partial charge in [-0.05, 0) is 45.3 Å². The van der Waals surface area contributed by atoms with Gasteiger partial charge in [0.1, 0.15) is 0 Å². The number of nitrogens with zero attached hydrogens (tertiary/aromatic N) is 1. The predicted octanol–water partition coefficient (Wildman–Crippen LogP) is 2.52. The normalized spacial score (nSPS) is 19.5. The van der Waals surface area contributed by atoms with Crippen molar-refractivity contribution in [3.63, 3.8) is 0 Å². The highest BCUT2D eigenvalue weighted by Crippen LogP contribution is 2.20. The van der Waals surface area contributed by atoms with Crippen LogP contribution in [0, 0.1) is 17.8 Å². The topological polar surface area (TPSA) is 3.24 Å². The summed E-state index contributed by atoms with van der Waals surface area (Å²) in [5.41, 5.74) is 0. The van der Waals surface area contributed by atoms with Crippen LogP contribution < -0.4 is 0 Å². The molecule has 0 atom stereocenters. The summed E-state index contributed by atoms with van der Waals surface area (Å²) in [5, 5.41) is 0. The van der Waals surface area contributed by atoms with Crippen molar-refractivity contribution in [2.24, 2.45) is 5.92 Å². The highest BCUT2D eigenvalue weighted by atomic mass is 15.1. The van der Waals surface area contributed by atoms with Crippen molar-refractivity contribution in [3.05, 3.63) is 0 Å². The fourth-order valence-corrected chi connectivity index (χ4v) is 1.84. The first-order valence-electron chi connectivity index (χ1n) is 5.47. The van der Waals surface area contributed by atoms with Crippen LogP contribution in [0.4, 0.5) is 0 Å². The van der Waals surface area contributed by atoms with Crippen LogP contribution in [0.2, 0.25) is 0 Å². The lowest BCUT2D eigenvalue weighted by molar-refractivity contribution is 0.213. The first-order valence-corrected chi connectivity index (χ1v) is 5.47. The summed E-state index contributed by atoms with van der Waals surface area (Å²) < 4.78 is 0. The molecule has 0 unspecified atom stereocenters. The SMILES string of the molecule is CCC#CCCC1CCN(C)CC1. The maximum Gasteiger partial charge on any atom is 0.00913 e. The molecular weight excluding hydrogens is 158 g/mol. The van der Waals surface area contributed by atoms with Crippen molar-refractivity contribution in [3.8, 4) is 11.8 Å². The van der Waals surface area contributed by atoms with Crippen molar-refractivity contribution >= 4 is 0 Å². The van der Waals surface area contributed by atoms with E-state index in [1.807, 2.05) is 0 Å². The molecule has 13 heavy (non-hydrogen) atoms. The summed E-state index contributed by atoms with van der Waals surface area (Å²) in [7, 11) is 2.22. The van der Waals surface area contributed by atoms with E-state index >= 15 is 0 Å². The van der Waals surface area contributed by atoms with Crippen LogP contribution >= 0.6 is 0 Å². The Morgan fingerprint density at radius 1 is 1.23 bits per heavy atom. The molecule has 1 aliphatic rings. The van der Waals surface area contributed by atoms with Crippen molar-refractivity contribution in [2.75, 3.05) is 20.1 Å². The second kappa shape index (κ2) is 6.05. The van der Waals surface area contributed by atoms with Gasteiger partial charge < -0.3 is 4.90 Å². The molecule has 0 N–H and O–H groups in total. The molecule has 0 bridgehead atoms. The Labute approximate surface area is 82.5 Å². The van der Waals surface area contributed by atoms with Gasteiger partial charge in [-0.3, -0.25) is 0 Å². The maximum absolute atomic E-state index is 3.23. The van der Waals surface area contributed by atoms with E-state index in [1.54, 1.807) is 0 Å². The first kappa shape index (κ1) is 10.6. The van der Waals surface area contributed by atoms with Crippen LogP contribution in [0.15, 0.2) is 0 Å². The molecular formula is C12H21N. The maximum atomic E-state index is 3.23. The monoisotopic (exact) mass is 179 g/mol. The van der Waals surface area contributed by atoms with Crippen LogP contribution in [0.5, 0.6) is 0 Å². The number of hydrogen-bond donors (Lipinski definition) is 0. The van der Waals surface area contributed by atoms with Crippen LogP contribution in [0.1, 0.15) is 39.0 Å². The first-order chi connectivity index (χ1) is 6.33. The van der Waals surface area contributed by atoms with Gasteiger partial charge in [-0.1, -0.05) is 6.92 Å². The average Bonchev–Trinajstić information content (AvgIpc) is 2.15. The zero-order chi connectivity index (χ0) is 9.52. The van der Waals surface area contributed by atoms with E-state index in [0.717, 1.165) is 18.8 Å². The summed E-state index contributed by atoms with van der Waals surface area (Å²) in [6, 6.07) is 0.